The van der Waals surface area contributed by atoms with Crippen molar-refractivity contribution in [2.24, 2.45) is 11.7 Å². The summed E-state index contributed by atoms with van der Waals surface area (Å²) in [7, 11) is 0. The van der Waals surface area contributed by atoms with Gasteiger partial charge in [-0.05, 0) is 44.6 Å². The van der Waals surface area contributed by atoms with Crippen LogP contribution in [0.1, 0.15) is 39.0 Å². The van der Waals surface area contributed by atoms with E-state index in [0.717, 1.165) is 45.3 Å². The van der Waals surface area contributed by atoms with E-state index in [2.05, 4.69) is 12.2 Å². The van der Waals surface area contributed by atoms with E-state index < -0.39 is 5.54 Å². The maximum absolute atomic E-state index is 11.9. The smallest absolute Gasteiger partial charge is 0.240 e. The molecule has 0 aromatic rings. The molecule has 0 bridgehead atoms. The van der Waals surface area contributed by atoms with Crippen LogP contribution in [0, 0.1) is 5.92 Å². The number of nitrogens with one attached hydrogen (secondary N) is 1. The zero-order chi connectivity index (χ0) is 13.7. The molecule has 0 spiro atoms. The molecule has 19 heavy (non-hydrogen) atoms. The topological polar surface area (TPSA) is 73.6 Å². The largest absolute Gasteiger partial charge is 0.376 e. The molecule has 5 heteroatoms. The normalized spacial score (nSPS) is 26.3. The molecule has 0 radical (unpaired) electrons. The molecule has 1 saturated heterocycles. The number of ether oxygens (including phenoxy) is 2. The fraction of sp³-hybridized carbons (Fsp3) is 0.929. The van der Waals surface area contributed by atoms with E-state index in [9.17, 15) is 4.79 Å². The van der Waals surface area contributed by atoms with Crippen molar-refractivity contribution in [1.29, 1.82) is 0 Å². The van der Waals surface area contributed by atoms with Crippen molar-refractivity contribution in [3.05, 3.63) is 0 Å². The predicted molar refractivity (Wildman–Crippen MR) is 72.7 cm³/mol. The summed E-state index contributed by atoms with van der Waals surface area (Å²) in [6.45, 7) is 4.63. The van der Waals surface area contributed by atoms with Gasteiger partial charge in [0.05, 0.1) is 19.3 Å². The molecule has 2 atom stereocenters. The predicted octanol–water partition coefficient (Wildman–Crippen LogP) is 0.816. The van der Waals surface area contributed by atoms with Crippen LogP contribution >= 0.6 is 0 Å². The first-order valence-corrected chi connectivity index (χ1v) is 7.43. The molecule has 1 heterocycles. The molecule has 1 aliphatic carbocycles. The monoisotopic (exact) mass is 270 g/mol. The minimum atomic E-state index is -0.672. The second-order valence-corrected chi connectivity index (χ2v) is 5.69. The Bertz CT molecular complexity index is 301. The molecule has 3 N–H and O–H groups in total. The van der Waals surface area contributed by atoms with E-state index in [1.54, 1.807) is 0 Å². The molecular formula is C14H26N2O3. The number of carbonyl (C=O) groups is 1. The lowest BCUT2D eigenvalue weighted by Crippen LogP contribution is -2.60. The van der Waals surface area contributed by atoms with Crippen LogP contribution in [0.4, 0.5) is 0 Å². The molecule has 1 aliphatic heterocycles. The Hall–Kier alpha value is -0.650. The van der Waals surface area contributed by atoms with Crippen LogP contribution in [0.25, 0.3) is 0 Å². The Morgan fingerprint density at radius 2 is 2.26 bits per heavy atom. The summed E-state index contributed by atoms with van der Waals surface area (Å²) < 4.78 is 11.3. The van der Waals surface area contributed by atoms with Gasteiger partial charge in [0.1, 0.15) is 5.54 Å². The minimum absolute atomic E-state index is 0.191. The third-order valence-corrected chi connectivity index (χ3v) is 4.06. The van der Waals surface area contributed by atoms with Crippen molar-refractivity contribution < 1.29 is 14.3 Å². The summed E-state index contributed by atoms with van der Waals surface area (Å²) >= 11 is 0. The number of hydrogen-bond donors (Lipinski definition) is 2. The first-order valence-electron chi connectivity index (χ1n) is 7.43. The first-order chi connectivity index (χ1) is 9.19. The Labute approximate surface area is 115 Å². The third kappa shape index (κ3) is 3.68. The SMILES string of the molecule is CCCNC(COCC1CCCO1)(C(N)=O)C1CC1. The lowest BCUT2D eigenvalue weighted by Gasteiger charge is -2.32. The number of hydrogen-bond acceptors (Lipinski definition) is 4. The van der Waals surface area contributed by atoms with Crippen molar-refractivity contribution in [2.75, 3.05) is 26.4 Å². The summed E-state index contributed by atoms with van der Waals surface area (Å²) in [6.07, 6.45) is 5.44. The van der Waals surface area contributed by atoms with Crippen molar-refractivity contribution in [3.63, 3.8) is 0 Å². The maximum Gasteiger partial charge on any atom is 0.240 e. The fourth-order valence-electron chi connectivity index (χ4n) is 2.72. The molecular weight excluding hydrogens is 244 g/mol. The third-order valence-electron chi connectivity index (χ3n) is 4.06. The quantitative estimate of drug-likeness (QED) is 0.650. The average Bonchev–Trinajstić information content (AvgIpc) is 3.11. The van der Waals surface area contributed by atoms with Gasteiger partial charge < -0.3 is 20.5 Å². The number of primary amides is 1. The lowest BCUT2D eigenvalue weighted by molar-refractivity contribution is -0.129. The van der Waals surface area contributed by atoms with E-state index in [0.29, 0.717) is 19.1 Å². The Balaban J connectivity index is 1.86. The summed E-state index contributed by atoms with van der Waals surface area (Å²) in [5, 5.41) is 3.33. The van der Waals surface area contributed by atoms with Crippen molar-refractivity contribution in [3.8, 4) is 0 Å². The molecule has 110 valence electrons. The van der Waals surface area contributed by atoms with Gasteiger partial charge in [-0.1, -0.05) is 6.92 Å². The standard InChI is InChI=1S/C14H26N2O3/c1-2-7-16-14(13(15)17,11-5-6-11)10-18-9-12-4-3-8-19-12/h11-12,16H,2-10H2,1H3,(H2,15,17). The van der Waals surface area contributed by atoms with Crippen molar-refractivity contribution >= 4 is 5.91 Å². The summed E-state index contributed by atoms with van der Waals surface area (Å²) in [5.41, 5.74) is 4.96. The molecule has 2 unspecified atom stereocenters. The lowest BCUT2D eigenvalue weighted by atomic mass is 9.93. The highest BCUT2D eigenvalue weighted by Gasteiger charge is 2.49. The summed E-state index contributed by atoms with van der Waals surface area (Å²) in [5.74, 6) is 0.0526. The molecule has 0 aromatic heterocycles. The van der Waals surface area contributed by atoms with Gasteiger partial charge in [0.2, 0.25) is 5.91 Å². The van der Waals surface area contributed by atoms with Crippen LogP contribution in [0.15, 0.2) is 0 Å². The first kappa shape index (κ1) is 14.8. The molecule has 1 amide bonds. The number of amides is 1. The van der Waals surface area contributed by atoms with Crippen LogP contribution in [-0.4, -0.2) is 43.9 Å². The molecule has 2 aliphatic rings. The summed E-state index contributed by atoms with van der Waals surface area (Å²) in [4.78, 5) is 11.9. The van der Waals surface area contributed by atoms with Crippen LogP contribution in [0.5, 0.6) is 0 Å². The zero-order valence-corrected chi connectivity index (χ0v) is 11.8. The molecule has 5 nitrogen and oxygen atoms in total. The fourth-order valence-corrected chi connectivity index (χ4v) is 2.72. The van der Waals surface area contributed by atoms with Crippen LogP contribution < -0.4 is 11.1 Å². The zero-order valence-electron chi connectivity index (χ0n) is 11.8. The van der Waals surface area contributed by atoms with Gasteiger partial charge in [-0.15, -0.1) is 0 Å². The second-order valence-electron chi connectivity index (χ2n) is 5.69. The molecule has 2 fully saturated rings. The summed E-state index contributed by atoms with van der Waals surface area (Å²) in [6, 6.07) is 0. The van der Waals surface area contributed by atoms with Crippen LogP contribution in [-0.2, 0) is 14.3 Å². The van der Waals surface area contributed by atoms with Gasteiger partial charge >= 0.3 is 0 Å². The highest BCUT2D eigenvalue weighted by molar-refractivity contribution is 5.85. The van der Waals surface area contributed by atoms with Gasteiger partial charge in [-0.3, -0.25) is 4.79 Å². The molecule has 0 aromatic carbocycles. The Morgan fingerprint density at radius 1 is 1.47 bits per heavy atom. The number of rotatable bonds is 9. The number of nitrogens with two attached hydrogens (primary N) is 1. The highest BCUT2D eigenvalue weighted by atomic mass is 16.5. The second kappa shape index (κ2) is 6.68. The van der Waals surface area contributed by atoms with Gasteiger partial charge in [-0.25, -0.2) is 0 Å². The van der Waals surface area contributed by atoms with Crippen molar-refractivity contribution in [2.45, 2.75) is 50.7 Å². The van der Waals surface area contributed by atoms with Crippen LogP contribution in [0.2, 0.25) is 0 Å². The molecule has 1 saturated carbocycles. The Kier molecular flexibility index (Phi) is 5.19. The van der Waals surface area contributed by atoms with Crippen LogP contribution in [0.3, 0.4) is 0 Å². The van der Waals surface area contributed by atoms with Gasteiger partial charge in [-0.2, -0.15) is 0 Å². The van der Waals surface area contributed by atoms with E-state index >= 15 is 0 Å². The van der Waals surface area contributed by atoms with E-state index in [-0.39, 0.29) is 12.0 Å². The van der Waals surface area contributed by atoms with Gasteiger partial charge in [0, 0.05) is 6.61 Å². The van der Waals surface area contributed by atoms with Gasteiger partial charge in [0.25, 0.3) is 0 Å². The van der Waals surface area contributed by atoms with Gasteiger partial charge in [0.15, 0.2) is 0 Å². The van der Waals surface area contributed by atoms with E-state index in [4.69, 9.17) is 15.2 Å². The van der Waals surface area contributed by atoms with Crippen molar-refractivity contribution in [1.82, 2.24) is 5.32 Å². The number of carbonyl (C=O) groups excluding carboxylic acids is 1. The maximum atomic E-state index is 11.9. The highest BCUT2D eigenvalue weighted by Crippen LogP contribution is 2.40. The minimum Gasteiger partial charge on any atom is -0.376 e. The van der Waals surface area contributed by atoms with E-state index in [1.807, 2.05) is 0 Å². The Morgan fingerprint density at radius 3 is 2.79 bits per heavy atom. The van der Waals surface area contributed by atoms with E-state index in [1.165, 1.54) is 0 Å². The average molecular weight is 270 g/mol. The molecule has 2 rings (SSSR count).